The molecule has 1 aromatic heterocycles. The van der Waals surface area contributed by atoms with Crippen LogP contribution in [0.15, 0.2) is 35.0 Å². The average molecular weight is 265 g/mol. The summed E-state index contributed by atoms with van der Waals surface area (Å²) in [6.07, 6.45) is 0. The Morgan fingerprint density at radius 2 is 1.59 bits per heavy atom. The third-order valence-electron chi connectivity index (χ3n) is 3.06. The number of benzene rings is 1. The summed E-state index contributed by atoms with van der Waals surface area (Å²) in [4.78, 5) is 0. The van der Waals surface area contributed by atoms with Crippen molar-refractivity contribution in [3.63, 3.8) is 0 Å². The van der Waals surface area contributed by atoms with Crippen molar-refractivity contribution in [2.24, 2.45) is 0 Å². The highest BCUT2D eigenvalue weighted by atomic mass is 35.5. The summed E-state index contributed by atoms with van der Waals surface area (Å²) in [6.45, 7) is 6.52. The van der Waals surface area contributed by atoms with Gasteiger partial charge in [-0.25, -0.2) is 0 Å². The van der Waals surface area contributed by atoms with Gasteiger partial charge in [-0.05, 0) is 45.9 Å². The minimum absolute atomic E-state index is 0.0255. The summed E-state index contributed by atoms with van der Waals surface area (Å²) in [5, 5.41) is 4.26. The van der Waals surface area contributed by atoms with E-state index in [1.165, 1.54) is 22.3 Å². The molecule has 0 bridgehead atoms. The summed E-state index contributed by atoms with van der Waals surface area (Å²) in [5.41, 5.74) is 5.05. The van der Waals surface area contributed by atoms with Crippen molar-refractivity contribution in [1.82, 2.24) is 0 Å². The molecule has 0 amide bonds. The molecule has 0 saturated carbocycles. The molecule has 0 aliphatic heterocycles. The minimum Gasteiger partial charge on any atom is -0.152 e. The fourth-order valence-corrected chi connectivity index (χ4v) is 3.19. The van der Waals surface area contributed by atoms with Crippen molar-refractivity contribution in [1.29, 1.82) is 0 Å². The molecule has 2 aromatic rings. The van der Waals surface area contributed by atoms with E-state index in [9.17, 15) is 0 Å². The van der Waals surface area contributed by atoms with Gasteiger partial charge in [0.1, 0.15) is 0 Å². The van der Waals surface area contributed by atoms with E-state index < -0.39 is 0 Å². The van der Waals surface area contributed by atoms with E-state index >= 15 is 0 Å². The van der Waals surface area contributed by atoms with Gasteiger partial charge >= 0.3 is 0 Å². The SMILES string of the molecule is Cc1cscc1C(Cl)c1ccc(C(C)C)cc1. The molecule has 0 saturated heterocycles. The van der Waals surface area contributed by atoms with Gasteiger partial charge in [0.25, 0.3) is 0 Å². The molecular formula is C15H17ClS. The highest BCUT2D eigenvalue weighted by molar-refractivity contribution is 7.08. The Balaban J connectivity index is 2.26. The average Bonchev–Trinajstić information content (AvgIpc) is 2.74. The molecule has 0 N–H and O–H groups in total. The molecule has 2 rings (SSSR count). The maximum Gasteiger partial charge on any atom is 0.0846 e. The van der Waals surface area contributed by atoms with E-state index in [0.29, 0.717) is 5.92 Å². The van der Waals surface area contributed by atoms with Crippen LogP contribution in [0.1, 0.15) is 47.4 Å². The first-order valence-corrected chi connectivity index (χ1v) is 7.24. The number of hydrogen-bond donors (Lipinski definition) is 0. The third-order valence-corrected chi connectivity index (χ3v) is 4.43. The quantitative estimate of drug-likeness (QED) is 0.642. The normalized spacial score (nSPS) is 13.0. The van der Waals surface area contributed by atoms with Crippen LogP contribution in [0.25, 0.3) is 0 Å². The Kier molecular flexibility index (Phi) is 3.90. The smallest absolute Gasteiger partial charge is 0.0846 e. The van der Waals surface area contributed by atoms with E-state index in [-0.39, 0.29) is 5.38 Å². The Morgan fingerprint density at radius 3 is 2.06 bits per heavy atom. The fraction of sp³-hybridized carbons (Fsp3) is 0.333. The molecule has 0 nitrogen and oxygen atoms in total. The Morgan fingerprint density at radius 1 is 1.00 bits per heavy atom. The fourth-order valence-electron chi connectivity index (χ4n) is 1.86. The molecule has 0 aliphatic rings. The van der Waals surface area contributed by atoms with Gasteiger partial charge in [-0.15, -0.1) is 11.6 Å². The lowest BCUT2D eigenvalue weighted by atomic mass is 9.98. The Bertz CT molecular complexity index is 482. The van der Waals surface area contributed by atoms with Gasteiger partial charge in [-0.2, -0.15) is 11.3 Å². The van der Waals surface area contributed by atoms with Crippen molar-refractivity contribution in [2.45, 2.75) is 32.1 Å². The van der Waals surface area contributed by atoms with Crippen LogP contribution in [0.2, 0.25) is 0 Å². The van der Waals surface area contributed by atoms with Crippen molar-refractivity contribution in [3.05, 3.63) is 57.3 Å². The molecule has 0 radical (unpaired) electrons. The van der Waals surface area contributed by atoms with E-state index in [1.807, 2.05) is 0 Å². The first-order valence-electron chi connectivity index (χ1n) is 5.86. The molecule has 0 fully saturated rings. The summed E-state index contributed by atoms with van der Waals surface area (Å²) < 4.78 is 0. The number of aryl methyl sites for hydroxylation is 1. The van der Waals surface area contributed by atoms with E-state index in [0.717, 1.165) is 0 Å². The maximum atomic E-state index is 6.52. The first-order chi connectivity index (χ1) is 8.09. The maximum absolute atomic E-state index is 6.52. The topological polar surface area (TPSA) is 0 Å². The number of halogens is 1. The monoisotopic (exact) mass is 264 g/mol. The molecular weight excluding hydrogens is 248 g/mol. The predicted molar refractivity (Wildman–Crippen MR) is 77.3 cm³/mol. The second kappa shape index (κ2) is 5.24. The zero-order valence-corrected chi connectivity index (χ0v) is 12.0. The van der Waals surface area contributed by atoms with Crippen molar-refractivity contribution in [2.75, 3.05) is 0 Å². The molecule has 0 aliphatic carbocycles. The lowest BCUT2D eigenvalue weighted by molar-refractivity contribution is 0.865. The summed E-state index contributed by atoms with van der Waals surface area (Å²) in [5.74, 6) is 0.570. The van der Waals surface area contributed by atoms with Gasteiger partial charge in [-0.3, -0.25) is 0 Å². The van der Waals surface area contributed by atoms with Crippen LogP contribution in [0.4, 0.5) is 0 Å². The first kappa shape index (κ1) is 12.7. The highest BCUT2D eigenvalue weighted by Gasteiger charge is 2.13. The van der Waals surface area contributed by atoms with Crippen molar-refractivity contribution >= 4 is 22.9 Å². The summed E-state index contributed by atoms with van der Waals surface area (Å²) >= 11 is 8.23. The number of rotatable bonds is 3. The van der Waals surface area contributed by atoms with Gasteiger partial charge in [0.05, 0.1) is 5.38 Å². The standard InChI is InChI=1S/C15H17ClS/c1-10(2)12-4-6-13(7-5-12)15(16)14-9-17-8-11(14)3/h4-10,15H,1-3H3. The number of alkyl halides is 1. The molecule has 0 spiro atoms. The molecule has 90 valence electrons. The number of hydrogen-bond acceptors (Lipinski definition) is 1. The zero-order chi connectivity index (χ0) is 12.4. The highest BCUT2D eigenvalue weighted by Crippen LogP contribution is 2.33. The van der Waals surface area contributed by atoms with Gasteiger partial charge < -0.3 is 0 Å². The number of thiophene rings is 1. The second-order valence-electron chi connectivity index (χ2n) is 4.69. The molecule has 1 atom stereocenters. The van der Waals surface area contributed by atoms with Crippen LogP contribution < -0.4 is 0 Å². The van der Waals surface area contributed by atoms with Crippen LogP contribution in [0.5, 0.6) is 0 Å². The van der Waals surface area contributed by atoms with Crippen LogP contribution >= 0.6 is 22.9 Å². The van der Waals surface area contributed by atoms with Crippen LogP contribution in [0, 0.1) is 6.92 Å². The van der Waals surface area contributed by atoms with E-state index in [2.05, 4.69) is 55.8 Å². The molecule has 1 aromatic carbocycles. The Hall–Kier alpha value is -0.790. The zero-order valence-electron chi connectivity index (χ0n) is 10.4. The summed E-state index contributed by atoms with van der Waals surface area (Å²) in [7, 11) is 0. The van der Waals surface area contributed by atoms with Crippen LogP contribution in [-0.4, -0.2) is 0 Å². The molecule has 1 heterocycles. The van der Waals surface area contributed by atoms with Gasteiger partial charge in [-0.1, -0.05) is 38.1 Å². The third kappa shape index (κ3) is 2.72. The predicted octanol–water partition coefficient (Wildman–Crippen LogP) is 5.51. The van der Waals surface area contributed by atoms with E-state index in [4.69, 9.17) is 11.6 Å². The van der Waals surface area contributed by atoms with Crippen molar-refractivity contribution in [3.8, 4) is 0 Å². The molecule has 17 heavy (non-hydrogen) atoms. The Labute approximate surface area is 112 Å². The second-order valence-corrected chi connectivity index (χ2v) is 5.87. The largest absolute Gasteiger partial charge is 0.152 e. The molecule has 2 heteroatoms. The van der Waals surface area contributed by atoms with Gasteiger partial charge in [0.2, 0.25) is 0 Å². The lowest BCUT2D eigenvalue weighted by Gasteiger charge is -2.12. The van der Waals surface area contributed by atoms with Gasteiger partial charge in [0, 0.05) is 0 Å². The summed E-state index contributed by atoms with van der Waals surface area (Å²) in [6, 6.07) is 8.64. The van der Waals surface area contributed by atoms with Crippen molar-refractivity contribution < 1.29 is 0 Å². The minimum atomic E-state index is -0.0255. The lowest BCUT2D eigenvalue weighted by Crippen LogP contribution is -1.94. The van der Waals surface area contributed by atoms with Gasteiger partial charge in [0.15, 0.2) is 0 Å². The molecule has 1 unspecified atom stereocenters. The van der Waals surface area contributed by atoms with E-state index in [1.54, 1.807) is 11.3 Å². The van der Waals surface area contributed by atoms with Crippen LogP contribution in [0.3, 0.4) is 0 Å². The van der Waals surface area contributed by atoms with Crippen LogP contribution in [-0.2, 0) is 0 Å².